The topological polar surface area (TPSA) is 12.5 Å². The van der Waals surface area contributed by atoms with Crippen LogP contribution in [-0.2, 0) is 0 Å². The van der Waals surface area contributed by atoms with Gasteiger partial charge in [0, 0.05) is 33.6 Å². The second kappa shape index (κ2) is 14.4. The van der Waals surface area contributed by atoms with Gasteiger partial charge in [0.25, 0.3) is 0 Å². The van der Waals surface area contributed by atoms with E-state index in [0.29, 0.717) is 0 Å². The van der Waals surface area contributed by atoms with Crippen molar-refractivity contribution in [1.82, 2.24) is 0 Å². The SMILES string of the molecule is c1ccc(-c2ccc(N(c3cccc(-c4ccccc4)c3)c3cccc4c3Oc3c(-c5ccccc5)cccc3-c3cccc(-c5ccccc5)c3-4)cc2)cc1. The molecule has 1 heterocycles. The molecule has 0 N–H and O–H groups in total. The number of anilines is 3. The smallest absolute Gasteiger partial charge is 0.159 e. The summed E-state index contributed by atoms with van der Waals surface area (Å²) in [5, 5.41) is 0. The summed E-state index contributed by atoms with van der Waals surface area (Å²) in [6.07, 6.45) is 0. The molecule has 9 aromatic rings. The van der Waals surface area contributed by atoms with Crippen molar-refractivity contribution in [2.24, 2.45) is 0 Å². The third-order valence-corrected chi connectivity index (χ3v) is 10.7. The Morgan fingerprint density at radius 1 is 0.268 bits per heavy atom. The zero-order valence-electron chi connectivity index (χ0n) is 30.7. The minimum Gasteiger partial charge on any atom is -0.453 e. The van der Waals surface area contributed by atoms with Crippen molar-refractivity contribution < 1.29 is 4.74 Å². The average Bonchev–Trinajstić information content (AvgIpc) is 3.43. The first-order chi connectivity index (χ1) is 27.8. The summed E-state index contributed by atoms with van der Waals surface area (Å²) in [6.45, 7) is 0. The summed E-state index contributed by atoms with van der Waals surface area (Å²) >= 11 is 0. The molecule has 0 atom stereocenters. The molecule has 0 fully saturated rings. The first kappa shape index (κ1) is 33.2. The van der Waals surface area contributed by atoms with E-state index in [1.54, 1.807) is 0 Å². The lowest BCUT2D eigenvalue weighted by atomic mass is 9.86. The molecule has 10 rings (SSSR count). The first-order valence-electron chi connectivity index (χ1n) is 19.1. The normalized spacial score (nSPS) is 11.4. The summed E-state index contributed by atoms with van der Waals surface area (Å²) in [7, 11) is 0. The summed E-state index contributed by atoms with van der Waals surface area (Å²) < 4.78 is 7.48. The number of hydrogen-bond acceptors (Lipinski definition) is 2. The zero-order valence-corrected chi connectivity index (χ0v) is 30.7. The van der Waals surface area contributed by atoms with Crippen molar-refractivity contribution >= 4 is 17.1 Å². The number of fused-ring (bicyclic) bond motifs is 5. The van der Waals surface area contributed by atoms with Gasteiger partial charge in [-0.15, -0.1) is 0 Å². The van der Waals surface area contributed by atoms with Gasteiger partial charge < -0.3 is 9.64 Å². The van der Waals surface area contributed by atoms with Gasteiger partial charge in [0.05, 0.1) is 5.69 Å². The predicted octanol–water partition coefficient (Wildman–Crippen LogP) is 15.3. The van der Waals surface area contributed by atoms with Gasteiger partial charge in [-0.2, -0.15) is 0 Å². The summed E-state index contributed by atoms with van der Waals surface area (Å²) in [6, 6.07) is 79.8. The standard InChI is InChI=1S/C54H37NO/c1-5-17-38(18-6-1)40-33-35-44(36-34-40)55(45-26-13-25-43(37-45)39-19-7-2-8-20-39)51-32-16-31-50-52-46(41-21-9-3-10-22-41)27-14-29-48(52)49-30-15-28-47(53(49)56-54(50)51)42-23-11-4-12-24-42/h1-37H. The van der Waals surface area contributed by atoms with Crippen LogP contribution in [0.2, 0.25) is 0 Å². The molecule has 0 bridgehead atoms. The maximum atomic E-state index is 7.48. The number of hydrogen-bond donors (Lipinski definition) is 0. The van der Waals surface area contributed by atoms with E-state index in [4.69, 9.17) is 4.74 Å². The van der Waals surface area contributed by atoms with Gasteiger partial charge in [-0.25, -0.2) is 0 Å². The Kier molecular flexibility index (Phi) is 8.55. The lowest BCUT2D eigenvalue weighted by Gasteiger charge is -2.29. The lowest BCUT2D eigenvalue weighted by Crippen LogP contribution is -2.11. The minimum atomic E-state index is 0.802. The molecule has 0 unspecified atom stereocenters. The van der Waals surface area contributed by atoms with Crippen molar-refractivity contribution in [3.8, 4) is 78.3 Å². The maximum absolute atomic E-state index is 7.48. The largest absolute Gasteiger partial charge is 0.453 e. The van der Waals surface area contributed by atoms with Crippen LogP contribution in [0.3, 0.4) is 0 Å². The highest BCUT2D eigenvalue weighted by Crippen LogP contribution is 2.56. The fourth-order valence-corrected chi connectivity index (χ4v) is 8.05. The average molecular weight is 716 g/mol. The number of rotatable bonds is 7. The van der Waals surface area contributed by atoms with E-state index in [0.717, 1.165) is 78.6 Å². The Morgan fingerprint density at radius 2 is 0.732 bits per heavy atom. The molecule has 2 heteroatoms. The highest BCUT2D eigenvalue weighted by molar-refractivity contribution is 6.03. The van der Waals surface area contributed by atoms with Gasteiger partial charge >= 0.3 is 0 Å². The third-order valence-electron chi connectivity index (χ3n) is 10.7. The van der Waals surface area contributed by atoms with Crippen molar-refractivity contribution in [1.29, 1.82) is 0 Å². The van der Waals surface area contributed by atoms with E-state index < -0.39 is 0 Å². The van der Waals surface area contributed by atoms with Gasteiger partial charge in [-0.3, -0.25) is 0 Å². The molecule has 9 aromatic carbocycles. The fourth-order valence-electron chi connectivity index (χ4n) is 8.05. The Bertz CT molecular complexity index is 2800. The molecule has 264 valence electrons. The Labute approximate surface area is 328 Å². The lowest BCUT2D eigenvalue weighted by molar-refractivity contribution is 0.490. The van der Waals surface area contributed by atoms with Crippen LogP contribution in [-0.4, -0.2) is 0 Å². The van der Waals surface area contributed by atoms with Crippen molar-refractivity contribution in [2.45, 2.75) is 0 Å². The molecule has 56 heavy (non-hydrogen) atoms. The van der Waals surface area contributed by atoms with E-state index in [-0.39, 0.29) is 0 Å². The van der Waals surface area contributed by atoms with Gasteiger partial charge in [-0.1, -0.05) is 194 Å². The van der Waals surface area contributed by atoms with Crippen LogP contribution in [0, 0.1) is 0 Å². The van der Waals surface area contributed by atoms with E-state index in [9.17, 15) is 0 Å². The molecule has 0 saturated heterocycles. The van der Waals surface area contributed by atoms with Crippen LogP contribution in [0.5, 0.6) is 11.5 Å². The number of ether oxygens (including phenoxy) is 1. The van der Waals surface area contributed by atoms with E-state index >= 15 is 0 Å². The van der Waals surface area contributed by atoms with E-state index in [2.05, 4.69) is 229 Å². The maximum Gasteiger partial charge on any atom is 0.159 e. The molecular weight excluding hydrogens is 679 g/mol. The van der Waals surface area contributed by atoms with Crippen LogP contribution in [0.4, 0.5) is 17.1 Å². The van der Waals surface area contributed by atoms with Crippen LogP contribution >= 0.6 is 0 Å². The van der Waals surface area contributed by atoms with Crippen molar-refractivity contribution in [3.05, 3.63) is 224 Å². The van der Waals surface area contributed by atoms with Gasteiger partial charge in [0.1, 0.15) is 5.75 Å². The van der Waals surface area contributed by atoms with Gasteiger partial charge in [-0.05, 0) is 74.8 Å². The third kappa shape index (κ3) is 6.04. The van der Waals surface area contributed by atoms with Crippen LogP contribution < -0.4 is 9.64 Å². The quantitative estimate of drug-likeness (QED) is 0.163. The number of para-hydroxylation sites is 2. The summed E-state index contributed by atoms with van der Waals surface area (Å²) in [5.41, 5.74) is 16.5. The molecule has 0 saturated carbocycles. The number of benzene rings is 9. The van der Waals surface area contributed by atoms with Gasteiger partial charge in [0.2, 0.25) is 0 Å². The molecule has 0 aromatic heterocycles. The highest BCUT2D eigenvalue weighted by atomic mass is 16.5. The fraction of sp³-hybridized carbons (Fsp3) is 0. The van der Waals surface area contributed by atoms with E-state index in [1.807, 2.05) is 0 Å². The van der Waals surface area contributed by atoms with Crippen LogP contribution in [0.1, 0.15) is 0 Å². The molecule has 1 aliphatic rings. The molecule has 0 aliphatic carbocycles. The molecule has 0 amide bonds. The Balaban J connectivity index is 1.25. The molecule has 0 radical (unpaired) electrons. The van der Waals surface area contributed by atoms with Gasteiger partial charge in [0.15, 0.2) is 5.75 Å². The second-order valence-electron chi connectivity index (χ2n) is 14.1. The molecule has 0 spiro atoms. The second-order valence-corrected chi connectivity index (χ2v) is 14.1. The van der Waals surface area contributed by atoms with Crippen molar-refractivity contribution in [2.75, 3.05) is 4.90 Å². The minimum absolute atomic E-state index is 0.802. The van der Waals surface area contributed by atoms with Crippen LogP contribution in [0.25, 0.3) is 66.8 Å². The Morgan fingerprint density at radius 3 is 1.39 bits per heavy atom. The van der Waals surface area contributed by atoms with Crippen LogP contribution in [0.15, 0.2) is 224 Å². The molecule has 2 nitrogen and oxygen atoms in total. The van der Waals surface area contributed by atoms with E-state index in [1.165, 1.54) is 16.7 Å². The van der Waals surface area contributed by atoms with Crippen molar-refractivity contribution in [3.63, 3.8) is 0 Å². The summed E-state index contributed by atoms with van der Waals surface area (Å²) in [5.74, 6) is 1.64. The number of nitrogens with zero attached hydrogens (tertiary/aromatic N) is 1. The summed E-state index contributed by atoms with van der Waals surface area (Å²) in [4.78, 5) is 2.35. The Hall–Kier alpha value is -7.42. The molecular formula is C54H37NO. The predicted molar refractivity (Wildman–Crippen MR) is 234 cm³/mol. The first-order valence-corrected chi connectivity index (χ1v) is 19.1. The molecule has 1 aliphatic heterocycles. The monoisotopic (exact) mass is 715 g/mol. The highest BCUT2D eigenvalue weighted by Gasteiger charge is 2.30. The zero-order chi connectivity index (χ0) is 37.3.